The van der Waals surface area contributed by atoms with E-state index >= 15 is 0 Å². The number of rotatable bonds is 9. The van der Waals surface area contributed by atoms with Gasteiger partial charge >= 0.3 is 11.9 Å². The number of carboxylic acids is 2. The van der Waals surface area contributed by atoms with Crippen molar-refractivity contribution in [3.05, 3.63) is 58.7 Å². The normalized spacial score (nSPS) is 11.6. The van der Waals surface area contributed by atoms with Crippen LogP contribution in [0.3, 0.4) is 0 Å². The molecule has 0 spiro atoms. The molecular weight excluding hydrogens is 392 g/mol. The van der Waals surface area contributed by atoms with Crippen molar-refractivity contribution < 1.29 is 38.7 Å². The molecule has 0 aliphatic rings. The topological polar surface area (TPSA) is 112 Å². The summed E-state index contributed by atoms with van der Waals surface area (Å²) in [6, 6.07) is 9.58. The second-order valence-electron chi connectivity index (χ2n) is 5.94. The van der Waals surface area contributed by atoms with Gasteiger partial charge in [-0.3, -0.25) is 0 Å². The van der Waals surface area contributed by atoms with Crippen LogP contribution in [-0.2, 0) is 9.59 Å². The van der Waals surface area contributed by atoms with Crippen molar-refractivity contribution in [2.24, 2.45) is 0 Å². The second-order valence-corrected chi connectivity index (χ2v) is 5.94. The third-order valence-electron chi connectivity index (χ3n) is 4.22. The summed E-state index contributed by atoms with van der Waals surface area (Å²) in [6.45, 7) is 0. The maximum Gasteiger partial charge on any atom is 0.336 e. The van der Waals surface area contributed by atoms with Gasteiger partial charge < -0.3 is 29.2 Å². The Balaban J connectivity index is 2.72. The van der Waals surface area contributed by atoms with Crippen LogP contribution < -0.4 is 18.9 Å². The van der Waals surface area contributed by atoms with E-state index in [0.29, 0.717) is 34.1 Å². The predicted octanol–water partition coefficient (Wildman–Crippen LogP) is 3.36. The van der Waals surface area contributed by atoms with E-state index in [1.54, 1.807) is 36.4 Å². The molecule has 0 saturated carbocycles. The molecule has 2 rings (SSSR count). The highest BCUT2D eigenvalue weighted by Crippen LogP contribution is 2.31. The zero-order chi connectivity index (χ0) is 22.3. The highest BCUT2D eigenvalue weighted by Gasteiger charge is 2.22. The van der Waals surface area contributed by atoms with Crippen molar-refractivity contribution in [1.82, 2.24) is 0 Å². The van der Waals surface area contributed by atoms with Crippen LogP contribution in [0.2, 0.25) is 0 Å². The van der Waals surface area contributed by atoms with Crippen LogP contribution in [0.25, 0.3) is 12.2 Å². The number of carboxylic acid groups (broad SMARTS) is 2. The first kappa shape index (κ1) is 22.4. The molecule has 30 heavy (non-hydrogen) atoms. The van der Waals surface area contributed by atoms with Crippen molar-refractivity contribution in [1.29, 1.82) is 0 Å². The fourth-order valence-electron chi connectivity index (χ4n) is 2.72. The fourth-order valence-corrected chi connectivity index (χ4v) is 2.72. The summed E-state index contributed by atoms with van der Waals surface area (Å²) in [6.07, 6.45) is 2.44. The number of hydrogen-bond acceptors (Lipinski definition) is 6. The average Bonchev–Trinajstić information content (AvgIpc) is 2.75. The van der Waals surface area contributed by atoms with E-state index in [-0.39, 0.29) is 0 Å². The molecule has 0 heterocycles. The molecular formula is C22H22O8. The maximum atomic E-state index is 12.0. The van der Waals surface area contributed by atoms with Crippen molar-refractivity contribution in [2.45, 2.75) is 0 Å². The summed E-state index contributed by atoms with van der Waals surface area (Å²) < 4.78 is 20.8. The van der Waals surface area contributed by atoms with Gasteiger partial charge in [-0.15, -0.1) is 0 Å². The third kappa shape index (κ3) is 5.11. The summed E-state index contributed by atoms with van der Waals surface area (Å²) in [5.74, 6) is -1.20. The SMILES string of the molecule is COc1ccc(OC)c(/C=C(C(=O)O)/C(=C/c2cc(OC)ccc2OC)C(=O)O)c1. The molecule has 158 valence electrons. The first-order valence-electron chi connectivity index (χ1n) is 8.69. The van der Waals surface area contributed by atoms with Gasteiger partial charge in [-0.05, 0) is 48.6 Å². The van der Waals surface area contributed by atoms with Gasteiger partial charge in [0.15, 0.2) is 0 Å². The monoisotopic (exact) mass is 414 g/mol. The minimum absolute atomic E-state index is 0.346. The Labute approximate surface area is 173 Å². The van der Waals surface area contributed by atoms with Crippen molar-refractivity contribution in [2.75, 3.05) is 28.4 Å². The smallest absolute Gasteiger partial charge is 0.336 e. The Morgan fingerprint density at radius 2 is 1.03 bits per heavy atom. The van der Waals surface area contributed by atoms with Crippen LogP contribution in [0.4, 0.5) is 0 Å². The van der Waals surface area contributed by atoms with Gasteiger partial charge in [0.25, 0.3) is 0 Å². The molecule has 0 fully saturated rings. The number of carbonyl (C=O) groups is 2. The number of benzene rings is 2. The van der Waals surface area contributed by atoms with Crippen molar-refractivity contribution in [3.8, 4) is 23.0 Å². The minimum atomic E-state index is -1.42. The summed E-state index contributed by atoms with van der Waals surface area (Å²) in [7, 11) is 5.78. The Morgan fingerprint density at radius 3 is 1.30 bits per heavy atom. The van der Waals surface area contributed by atoms with Crippen LogP contribution >= 0.6 is 0 Å². The summed E-state index contributed by atoms with van der Waals surface area (Å²) in [5.41, 5.74) is -0.198. The van der Waals surface area contributed by atoms with Crippen LogP contribution in [0.15, 0.2) is 47.5 Å². The predicted molar refractivity (Wildman–Crippen MR) is 110 cm³/mol. The Hall–Kier alpha value is -3.94. The van der Waals surface area contributed by atoms with Crippen molar-refractivity contribution in [3.63, 3.8) is 0 Å². The number of hydrogen-bond donors (Lipinski definition) is 2. The molecule has 2 aromatic rings. The molecule has 2 aromatic carbocycles. The molecule has 0 amide bonds. The lowest BCUT2D eigenvalue weighted by Crippen LogP contribution is -2.11. The highest BCUT2D eigenvalue weighted by molar-refractivity contribution is 6.11. The van der Waals surface area contributed by atoms with E-state index in [2.05, 4.69) is 0 Å². The Morgan fingerprint density at radius 1 is 0.667 bits per heavy atom. The van der Waals surface area contributed by atoms with Gasteiger partial charge in [0.05, 0.1) is 39.6 Å². The van der Waals surface area contributed by atoms with Gasteiger partial charge in [-0.2, -0.15) is 0 Å². The zero-order valence-electron chi connectivity index (χ0n) is 17.0. The Kier molecular flexibility index (Phi) is 7.46. The van der Waals surface area contributed by atoms with Gasteiger partial charge in [-0.1, -0.05) is 0 Å². The van der Waals surface area contributed by atoms with E-state index in [0.717, 1.165) is 0 Å². The van der Waals surface area contributed by atoms with Crippen LogP contribution in [0.1, 0.15) is 11.1 Å². The largest absolute Gasteiger partial charge is 0.497 e. The lowest BCUT2D eigenvalue weighted by molar-refractivity contribution is -0.136. The van der Waals surface area contributed by atoms with E-state index in [1.807, 2.05) is 0 Å². The van der Waals surface area contributed by atoms with E-state index in [4.69, 9.17) is 18.9 Å². The summed E-state index contributed by atoms with van der Waals surface area (Å²) in [5, 5.41) is 19.5. The number of aliphatic carboxylic acids is 2. The van der Waals surface area contributed by atoms with Crippen LogP contribution in [-0.4, -0.2) is 50.6 Å². The molecule has 8 nitrogen and oxygen atoms in total. The average molecular weight is 414 g/mol. The van der Waals surface area contributed by atoms with E-state index in [1.165, 1.54) is 40.6 Å². The van der Waals surface area contributed by atoms with Gasteiger partial charge in [0, 0.05) is 11.1 Å². The molecule has 0 aromatic heterocycles. The summed E-state index contributed by atoms with van der Waals surface area (Å²) >= 11 is 0. The maximum absolute atomic E-state index is 12.0. The fraction of sp³-hybridized carbons (Fsp3) is 0.182. The zero-order valence-corrected chi connectivity index (χ0v) is 17.0. The Bertz CT molecular complexity index is 923. The molecule has 0 aliphatic heterocycles. The van der Waals surface area contributed by atoms with E-state index in [9.17, 15) is 19.8 Å². The number of methoxy groups -OCH3 is 4. The molecule has 0 unspecified atom stereocenters. The van der Waals surface area contributed by atoms with Gasteiger partial charge in [0.1, 0.15) is 23.0 Å². The molecule has 2 N–H and O–H groups in total. The van der Waals surface area contributed by atoms with Crippen molar-refractivity contribution >= 4 is 24.1 Å². The first-order valence-corrected chi connectivity index (χ1v) is 8.69. The third-order valence-corrected chi connectivity index (χ3v) is 4.22. The number of ether oxygens (including phenoxy) is 4. The molecule has 0 aliphatic carbocycles. The molecule has 0 saturated heterocycles. The van der Waals surface area contributed by atoms with Gasteiger partial charge in [0.2, 0.25) is 0 Å². The van der Waals surface area contributed by atoms with E-state index < -0.39 is 23.1 Å². The molecule has 0 atom stereocenters. The quantitative estimate of drug-likeness (QED) is 0.475. The molecule has 0 bridgehead atoms. The van der Waals surface area contributed by atoms with Crippen LogP contribution in [0.5, 0.6) is 23.0 Å². The minimum Gasteiger partial charge on any atom is -0.497 e. The molecule has 0 radical (unpaired) electrons. The van der Waals surface area contributed by atoms with Crippen LogP contribution in [0, 0.1) is 0 Å². The first-order chi connectivity index (χ1) is 14.3. The lowest BCUT2D eigenvalue weighted by atomic mass is 9.99. The molecule has 8 heteroatoms. The second kappa shape index (κ2) is 10.0. The standard InChI is InChI=1S/C22H22O8/c1-27-15-5-7-19(29-3)13(9-15)11-17(21(23)24)18(22(25)26)12-14-10-16(28-2)6-8-20(14)30-4/h5-12H,1-4H3,(H,23,24)(H,25,26)/b17-11-,18-12-. The lowest BCUT2D eigenvalue weighted by Gasteiger charge is -2.11. The summed E-state index contributed by atoms with van der Waals surface area (Å²) in [4.78, 5) is 23.9. The van der Waals surface area contributed by atoms with Gasteiger partial charge in [-0.25, -0.2) is 9.59 Å². The highest BCUT2D eigenvalue weighted by atomic mass is 16.5.